The third-order valence-electron chi connectivity index (χ3n) is 8.24. The van der Waals surface area contributed by atoms with Gasteiger partial charge < -0.3 is 14.0 Å². The molecular formula is C37H31N3O4S. The highest BCUT2D eigenvalue weighted by atomic mass is 32.1. The second-order valence-electron chi connectivity index (χ2n) is 10.9. The van der Waals surface area contributed by atoms with Crippen LogP contribution in [0.25, 0.3) is 27.8 Å². The highest BCUT2D eigenvalue weighted by molar-refractivity contribution is 7.07. The van der Waals surface area contributed by atoms with Gasteiger partial charge in [-0.1, -0.05) is 90.2 Å². The maximum atomic E-state index is 14.5. The number of carbonyl (C=O) groups is 1. The van der Waals surface area contributed by atoms with Gasteiger partial charge in [0, 0.05) is 34.8 Å². The van der Waals surface area contributed by atoms with Gasteiger partial charge in [-0.3, -0.25) is 9.36 Å². The molecule has 7 rings (SSSR count). The summed E-state index contributed by atoms with van der Waals surface area (Å²) in [6.45, 7) is 4.47. The van der Waals surface area contributed by atoms with Crippen molar-refractivity contribution in [1.29, 1.82) is 0 Å². The van der Waals surface area contributed by atoms with Crippen molar-refractivity contribution >= 4 is 45.1 Å². The van der Waals surface area contributed by atoms with E-state index in [1.165, 1.54) is 16.9 Å². The van der Waals surface area contributed by atoms with Gasteiger partial charge in [-0.2, -0.15) is 0 Å². The minimum Gasteiger partial charge on any atom is -0.496 e. The van der Waals surface area contributed by atoms with Crippen molar-refractivity contribution in [2.24, 2.45) is 4.99 Å². The monoisotopic (exact) mass is 613 g/mol. The van der Waals surface area contributed by atoms with Crippen molar-refractivity contribution in [3.63, 3.8) is 0 Å². The Morgan fingerprint density at radius 1 is 0.956 bits per heavy atom. The van der Waals surface area contributed by atoms with E-state index in [0.29, 0.717) is 32.9 Å². The number of ether oxygens (including phenoxy) is 2. The first-order valence-electron chi connectivity index (χ1n) is 14.9. The highest BCUT2D eigenvalue weighted by Crippen LogP contribution is 2.40. The van der Waals surface area contributed by atoms with Crippen molar-refractivity contribution in [2.45, 2.75) is 26.4 Å². The van der Waals surface area contributed by atoms with Gasteiger partial charge in [0.25, 0.3) is 5.56 Å². The van der Waals surface area contributed by atoms with Gasteiger partial charge in [-0.05, 0) is 48.4 Å². The smallest absolute Gasteiger partial charge is 0.338 e. The quantitative estimate of drug-likeness (QED) is 0.208. The van der Waals surface area contributed by atoms with Crippen LogP contribution in [0.2, 0.25) is 0 Å². The topological polar surface area (TPSA) is 74.8 Å². The van der Waals surface area contributed by atoms with Crippen molar-refractivity contribution < 1.29 is 14.3 Å². The number of fused-ring (bicyclic) bond motifs is 3. The number of allylic oxidation sites excluding steroid dienone is 1. The summed E-state index contributed by atoms with van der Waals surface area (Å²) in [7, 11) is 1.60. The van der Waals surface area contributed by atoms with Crippen LogP contribution < -0.4 is 19.6 Å². The molecule has 1 atom stereocenters. The molecule has 1 aliphatic heterocycles. The number of aromatic nitrogens is 2. The van der Waals surface area contributed by atoms with Gasteiger partial charge in [0.05, 0.1) is 29.5 Å². The number of rotatable bonds is 7. The maximum absolute atomic E-state index is 14.5. The third kappa shape index (κ3) is 4.97. The van der Waals surface area contributed by atoms with E-state index in [0.717, 1.165) is 32.8 Å². The third-order valence-corrected chi connectivity index (χ3v) is 9.23. The molecule has 45 heavy (non-hydrogen) atoms. The lowest BCUT2D eigenvalue weighted by atomic mass is 9.90. The van der Waals surface area contributed by atoms with Crippen molar-refractivity contribution in [3.05, 3.63) is 145 Å². The first kappa shape index (κ1) is 28.6. The van der Waals surface area contributed by atoms with Crippen molar-refractivity contribution in [2.75, 3.05) is 13.7 Å². The van der Waals surface area contributed by atoms with Gasteiger partial charge in [-0.25, -0.2) is 9.79 Å². The zero-order chi connectivity index (χ0) is 31.1. The van der Waals surface area contributed by atoms with E-state index in [1.807, 2.05) is 72.8 Å². The number of benzene rings is 4. The minimum atomic E-state index is -0.789. The van der Waals surface area contributed by atoms with E-state index >= 15 is 0 Å². The molecule has 4 aromatic carbocycles. The summed E-state index contributed by atoms with van der Waals surface area (Å²) >= 11 is 1.32. The zero-order valence-electron chi connectivity index (χ0n) is 25.2. The number of esters is 1. The predicted octanol–water partition coefficient (Wildman–Crippen LogP) is 5.96. The number of carbonyl (C=O) groups excluding carboxylic acids is 1. The molecule has 3 heterocycles. The summed E-state index contributed by atoms with van der Waals surface area (Å²) in [5.74, 6) is 0.0748. The van der Waals surface area contributed by atoms with Crippen LogP contribution in [0.4, 0.5) is 0 Å². The number of para-hydroxylation sites is 1. The zero-order valence-corrected chi connectivity index (χ0v) is 26.0. The second kappa shape index (κ2) is 11.7. The summed E-state index contributed by atoms with van der Waals surface area (Å²) in [6, 6.07) is 29.5. The fourth-order valence-electron chi connectivity index (χ4n) is 6.24. The second-order valence-corrected chi connectivity index (χ2v) is 11.9. The van der Waals surface area contributed by atoms with Crippen LogP contribution in [-0.4, -0.2) is 28.8 Å². The van der Waals surface area contributed by atoms with E-state index in [2.05, 4.69) is 35.0 Å². The van der Waals surface area contributed by atoms with E-state index in [9.17, 15) is 9.59 Å². The molecule has 2 aromatic heterocycles. The minimum absolute atomic E-state index is 0.201. The Labute approximate surface area is 263 Å². The average Bonchev–Trinajstić information content (AvgIpc) is 3.56. The summed E-state index contributed by atoms with van der Waals surface area (Å²) in [6.07, 6.45) is 4.03. The van der Waals surface area contributed by atoms with E-state index in [1.54, 1.807) is 25.5 Å². The Bertz CT molecular complexity index is 2310. The van der Waals surface area contributed by atoms with Crippen LogP contribution in [0.3, 0.4) is 0 Å². The normalized spacial score (nSPS) is 14.9. The van der Waals surface area contributed by atoms with Crippen LogP contribution in [0.15, 0.2) is 118 Å². The molecular weight excluding hydrogens is 582 g/mol. The first-order valence-corrected chi connectivity index (χ1v) is 15.7. The standard InChI is InChI=1S/C37H31N3O4S/c1-4-44-36(42)32-23(2)38-37-40(34(32)33-28-16-9-8-14-25(28)18-19-30(33)43-3)35(41)31(45-37)20-26-22-39(21-24-12-6-5-7-13-24)29-17-11-10-15-27(26)29/h5-20,22,34H,4,21H2,1-3H3/b31-20+/t34-/m0/s1. The molecule has 0 spiro atoms. The largest absolute Gasteiger partial charge is 0.496 e. The molecule has 0 unspecified atom stereocenters. The van der Waals surface area contributed by atoms with Crippen LogP contribution in [0.5, 0.6) is 5.75 Å². The predicted molar refractivity (Wildman–Crippen MR) is 178 cm³/mol. The Kier molecular flexibility index (Phi) is 7.43. The molecule has 6 aromatic rings. The molecule has 224 valence electrons. The molecule has 8 heteroatoms. The maximum Gasteiger partial charge on any atom is 0.338 e. The van der Waals surface area contributed by atoms with Crippen molar-refractivity contribution in [3.8, 4) is 5.75 Å². The highest BCUT2D eigenvalue weighted by Gasteiger charge is 2.36. The Hall–Kier alpha value is -5.21. The van der Waals surface area contributed by atoms with Crippen molar-refractivity contribution in [1.82, 2.24) is 9.13 Å². The molecule has 0 radical (unpaired) electrons. The Balaban J connectivity index is 1.46. The molecule has 0 N–H and O–H groups in total. The molecule has 1 aliphatic rings. The van der Waals surface area contributed by atoms with Gasteiger partial charge >= 0.3 is 5.97 Å². The van der Waals surface area contributed by atoms with E-state index < -0.39 is 12.0 Å². The molecule has 0 saturated heterocycles. The summed E-state index contributed by atoms with van der Waals surface area (Å²) < 4.78 is 15.7. The average molecular weight is 614 g/mol. The van der Waals surface area contributed by atoms with Gasteiger partial charge in [-0.15, -0.1) is 0 Å². The van der Waals surface area contributed by atoms with Gasteiger partial charge in [0.2, 0.25) is 0 Å². The molecule has 0 bridgehead atoms. The molecule has 7 nitrogen and oxygen atoms in total. The van der Waals surface area contributed by atoms with Crippen LogP contribution in [0, 0.1) is 0 Å². The number of methoxy groups -OCH3 is 1. The molecule has 0 amide bonds. The Morgan fingerprint density at radius 2 is 1.69 bits per heavy atom. The van der Waals surface area contributed by atoms with Gasteiger partial charge in [0.1, 0.15) is 11.8 Å². The Morgan fingerprint density at radius 3 is 2.47 bits per heavy atom. The van der Waals surface area contributed by atoms with Crippen LogP contribution in [-0.2, 0) is 16.1 Å². The fraction of sp³-hybridized carbons (Fsp3) is 0.162. The number of hydrogen-bond donors (Lipinski definition) is 0. The number of hydrogen-bond acceptors (Lipinski definition) is 6. The number of thiazole rings is 1. The fourth-order valence-corrected chi connectivity index (χ4v) is 7.28. The van der Waals surface area contributed by atoms with Crippen LogP contribution in [0.1, 0.15) is 36.6 Å². The molecule has 0 saturated carbocycles. The van der Waals surface area contributed by atoms with E-state index in [-0.39, 0.29) is 12.2 Å². The lowest BCUT2D eigenvalue weighted by Gasteiger charge is -2.27. The van der Waals surface area contributed by atoms with Crippen LogP contribution >= 0.6 is 11.3 Å². The lowest BCUT2D eigenvalue weighted by Crippen LogP contribution is -2.40. The first-order chi connectivity index (χ1) is 22.0. The SMILES string of the molecule is CCOC(=O)C1=C(C)N=c2s/c(=C/c3cn(Cc4ccccc4)c4ccccc34)c(=O)n2[C@@H]1c1c(OC)ccc2ccccc12. The summed E-state index contributed by atoms with van der Waals surface area (Å²) in [4.78, 5) is 33.3. The molecule has 0 aliphatic carbocycles. The lowest BCUT2D eigenvalue weighted by molar-refractivity contribution is -0.139. The van der Waals surface area contributed by atoms with E-state index in [4.69, 9.17) is 14.5 Å². The summed E-state index contributed by atoms with van der Waals surface area (Å²) in [5.41, 5.74) is 4.54. The number of nitrogens with zero attached hydrogens (tertiary/aromatic N) is 3. The molecule has 0 fully saturated rings. The summed E-state index contributed by atoms with van der Waals surface area (Å²) in [5, 5.41) is 2.91. The van der Waals surface area contributed by atoms with Gasteiger partial charge in [0.15, 0.2) is 4.80 Å².